The van der Waals surface area contributed by atoms with Crippen LogP contribution in [0.1, 0.15) is 66.7 Å². The molecule has 2 aromatic carbocycles. The van der Waals surface area contributed by atoms with Crippen LogP contribution >= 0.6 is 23.2 Å². The highest BCUT2D eigenvalue weighted by molar-refractivity contribution is 6.42. The number of hydrogen-bond acceptors (Lipinski definition) is 7. The molecule has 2 heterocycles. The predicted molar refractivity (Wildman–Crippen MR) is 181 cm³/mol. The zero-order valence-electron chi connectivity index (χ0n) is 28.2. The van der Waals surface area contributed by atoms with Gasteiger partial charge in [-0.15, -0.1) is 0 Å². The Morgan fingerprint density at radius 1 is 0.980 bits per heavy atom. The summed E-state index contributed by atoms with van der Waals surface area (Å²) in [6.07, 6.45) is -6.81. The summed E-state index contributed by atoms with van der Waals surface area (Å²) in [6.45, 7) is 2.33. The fourth-order valence-electron chi connectivity index (χ4n) is 6.78. The highest BCUT2D eigenvalue weighted by Gasteiger charge is 2.37. The van der Waals surface area contributed by atoms with Crippen LogP contribution in [0.4, 0.5) is 26.3 Å². The van der Waals surface area contributed by atoms with Crippen LogP contribution in [0, 0.1) is 11.8 Å². The molecule has 16 heteroatoms. The van der Waals surface area contributed by atoms with E-state index in [1.165, 1.54) is 7.11 Å². The van der Waals surface area contributed by atoms with E-state index in [0.717, 1.165) is 37.9 Å². The number of nitrogens with zero attached hydrogens (tertiary/aromatic N) is 3. The van der Waals surface area contributed by atoms with E-state index in [4.69, 9.17) is 32.8 Å². The zero-order valence-corrected chi connectivity index (χ0v) is 29.7. The minimum absolute atomic E-state index is 0.0293. The van der Waals surface area contributed by atoms with Gasteiger partial charge in [0.05, 0.1) is 52.8 Å². The maximum absolute atomic E-state index is 13.4. The first kappa shape index (κ1) is 41.1. The van der Waals surface area contributed by atoms with Crippen LogP contribution in [0.2, 0.25) is 10.0 Å². The average molecular weight is 771 g/mol. The van der Waals surface area contributed by atoms with Crippen molar-refractivity contribution in [2.75, 3.05) is 53.0 Å². The van der Waals surface area contributed by atoms with Crippen LogP contribution in [0.15, 0.2) is 41.6 Å². The Morgan fingerprint density at radius 2 is 1.65 bits per heavy atom. The molecule has 8 nitrogen and oxygen atoms in total. The number of hydrogen-bond donors (Lipinski definition) is 2. The van der Waals surface area contributed by atoms with Crippen molar-refractivity contribution in [1.82, 2.24) is 9.80 Å². The second-order valence-corrected chi connectivity index (χ2v) is 14.0. The van der Waals surface area contributed by atoms with Gasteiger partial charge in [0.1, 0.15) is 7.11 Å². The fourth-order valence-corrected chi connectivity index (χ4v) is 7.08. The molecule has 1 amide bonds. The van der Waals surface area contributed by atoms with Crippen molar-refractivity contribution in [3.05, 3.63) is 68.7 Å². The lowest BCUT2D eigenvalue weighted by Crippen LogP contribution is -2.46. The second kappa shape index (κ2) is 18.4. The minimum atomic E-state index is -4.98. The van der Waals surface area contributed by atoms with Crippen molar-refractivity contribution in [3.63, 3.8) is 0 Å². The van der Waals surface area contributed by atoms with E-state index >= 15 is 0 Å². The molecule has 0 bridgehead atoms. The molecule has 2 aliphatic rings. The van der Waals surface area contributed by atoms with Crippen LogP contribution in [-0.2, 0) is 33.3 Å². The summed E-state index contributed by atoms with van der Waals surface area (Å²) in [6, 6.07) is 6.40. The number of rotatable bonds is 15. The van der Waals surface area contributed by atoms with Crippen molar-refractivity contribution < 1.29 is 50.9 Å². The van der Waals surface area contributed by atoms with Gasteiger partial charge in [0, 0.05) is 24.9 Å². The van der Waals surface area contributed by atoms with E-state index in [0.29, 0.717) is 66.3 Å². The Bertz CT molecular complexity index is 1450. The molecule has 0 aromatic heterocycles. The summed E-state index contributed by atoms with van der Waals surface area (Å²) < 4.78 is 86.0. The van der Waals surface area contributed by atoms with Crippen molar-refractivity contribution in [3.8, 4) is 0 Å². The molecular weight excluding hydrogens is 727 g/mol. The first-order valence-electron chi connectivity index (χ1n) is 16.8. The Kier molecular flexibility index (Phi) is 14.9. The van der Waals surface area contributed by atoms with Gasteiger partial charge >= 0.3 is 12.4 Å². The Labute approximate surface area is 303 Å². The molecule has 2 fully saturated rings. The zero-order chi connectivity index (χ0) is 37.3. The summed E-state index contributed by atoms with van der Waals surface area (Å²) in [5.41, 5.74) is -2.07. The van der Waals surface area contributed by atoms with Crippen molar-refractivity contribution >= 4 is 34.8 Å². The van der Waals surface area contributed by atoms with Gasteiger partial charge in [0.25, 0.3) is 0 Å². The fraction of sp³-hybridized carbons (Fsp3) is 0.600. The topological polar surface area (TPSA) is 94.8 Å². The van der Waals surface area contributed by atoms with E-state index in [1.54, 1.807) is 18.2 Å². The van der Waals surface area contributed by atoms with Crippen molar-refractivity contribution in [2.45, 2.75) is 69.5 Å². The molecule has 0 spiro atoms. The van der Waals surface area contributed by atoms with Gasteiger partial charge in [-0.05, 0) is 106 Å². The first-order chi connectivity index (χ1) is 24.1. The van der Waals surface area contributed by atoms with E-state index < -0.39 is 42.1 Å². The van der Waals surface area contributed by atoms with Gasteiger partial charge in [0.15, 0.2) is 0 Å². The molecule has 2 N–H and O–H groups in total. The molecule has 2 aliphatic heterocycles. The monoisotopic (exact) mass is 769 g/mol. The number of ether oxygens (including phenoxy) is 1. The number of oxime groups is 1. The maximum atomic E-state index is 13.4. The Balaban J connectivity index is 1.40. The number of carbonyl (C=O) groups excluding carboxylic acids is 1. The second-order valence-electron chi connectivity index (χ2n) is 13.2. The Morgan fingerprint density at radius 3 is 2.24 bits per heavy atom. The summed E-state index contributed by atoms with van der Waals surface area (Å²) >= 11 is 12.5. The van der Waals surface area contributed by atoms with Crippen LogP contribution in [0.3, 0.4) is 0 Å². The normalized spacial score (nSPS) is 19.7. The van der Waals surface area contributed by atoms with E-state index in [-0.39, 0.29) is 43.1 Å². The smallest absolute Gasteiger partial charge is 0.399 e. The third-order valence-corrected chi connectivity index (χ3v) is 10.2. The van der Waals surface area contributed by atoms with E-state index in [2.05, 4.69) is 10.1 Å². The largest absolute Gasteiger partial charge is 0.416 e. The van der Waals surface area contributed by atoms with E-state index in [1.807, 2.05) is 4.90 Å². The van der Waals surface area contributed by atoms with Gasteiger partial charge in [-0.25, -0.2) is 0 Å². The molecule has 0 saturated carbocycles. The standard InChI is InChI=1S/C35H43Cl2F6N3O5/c1-50-44-32(21-51-20-23-13-26(34(38,39)40)17-27(14-23)35(41,42)43)29(24-4-5-30(36)31(37)16-24)8-12-45-10-6-22(7-11-45)18-46-9-2-3-25(33(46)49)15-28(48)19-47/h4-5,13-14,16-17,22,25,28-29,47-48H,2-3,6-12,15,18-21H2,1H3/b44-32+. The van der Waals surface area contributed by atoms with Crippen LogP contribution in [0.5, 0.6) is 0 Å². The first-order valence-corrected chi connectivity index (χ1v) is 17.6. The number of carbonyl (C=O) groups is 1. The maximum Gasteiger partial charge on any atom is 0.416 e. The molecule has 284 valence electrons. The lowest BCUT2D eigenvalue weighted by Gasteiger charge is -2.38. The third-order valence-electron chi connectivity index (χ3n) is 9.45. The van der Waals surface area contributed by atoms with Gasteiger partial charge in [-0.3, -0.25) is 4.79 Å². The van der Waals surface area contributed by atoms with Gasteiger partial charge in [-0.1, -0.05) is 34.4 Å². The Hall–Kier alpha value is -2.62. The SMILES string of the molecule is CO/N=C(\COCc1cc(C(F)(F)F)cc(C(F)(F)F)c1)C(CCN1CCC(CN2CCCC(CC(O)CO)C2=O)CC1)c1ccc(Cl)c(Cl)c1. The van der Waals surface area contributed by atoms with Crippen LogP contribution in [0.25, 0.3) is 0 Å². The molecule has 3 unspecified atom stereocenters. The lowest BCUT2D eigenvalue weighted by molar-refractivity contribution is -0.143. The number of benzene rings is 2. The minimum Gasteiger partial charge on any atom is -0.399 e. The quantitative estimate of drug-likeness (QED) is 0.111. The highest BCUT2D eigenvalue weighted by Crippen LogP contribution is 2.37. The number of aliphatic hydroxyl groups is 2. The molecule has 0 aliphatic carbocycles. The summed E-state index contributed by atoms with van der Waals surface area (Å²) in [5.74, 6) is -0.387. The highest BCUT2D eigenvalue weighted by atomic mass is 35.5. The van der Waals surface area contributed by atoms with Crippen molar-refractivity contribution in [1.29, 1.82) is 0 Å². The number of amides is 1. The summed E-state index contributed by atoms with van der Waals surface area (Å²) in [7, 11) is 1.32. The molecule has 3 atom stereocenters. The number of aliphatic hydroxyl groups excluding tert-OH is 2. The van der Waals surface area contributed by atoms with Crippen LogP contribution < -0.4 is 0 Å². The molecular formula is C35H43Cl2F6N3O5. The van der Waals surface area contributed by atoms with Gasteiger partial charge < -0.3 is 29.6 Å². The van der Waals surface area contributed by atoms with Crippen LogP contribution in [-0.4, -0.2) is 90.8 Å². The summed E-state index contributed by atoms with van der Waals surface area (Å²) in [5, 5.41) is 23.8. The molecule has 4 rings (SSSR count). The number of piperidine rings is 2. The summed E-state index contributed by atoms with van der Waals surface area (Å²) in [4.78, 5) is 22.3. The average Bonchev–Trinajstić information content (AvgIpc) is 3.07. The number of alkyl halides is 6. The van der Waals surface area contributed by atoms with Gasteiger partial charge in [0.2, 0.25) is 5.91 Å². The van der Waals surface area contributed by atoms with Gasteiger partial charge in [-0.2, -0.15) is 26.3 Å². The van der Waals surface area contributed by atoms with E-state index in [9.17, 15) is 41.4 Å². The molecule has 2 saturated heterocycles. The van der Waals surface area contributed by atoms with Crippen molar-refractivity contribution in [2.24, 2.45) is 17.0 Å². The number of likely N-dealkylation sites (tertiary alicyclic amines) is 2. The third kappa shape index (κ3) is 11.9. The molecule has 2 aromatic rings. The lowest BCUT2D eigenvalue weighted by atomic mass is 9.88. The number of halogens is 8. The molecule has 0 radical (unpaired) electrons. The predicted octanol–water partition coefficient (Wildman–Crippen LogP) is 7.42. The molecule has 51 heavy (non-hydrogen) atoms.